The average Bonchev–Trinajstić information content (AvgIpc) is 3.15. The number of amides is 2. The van der Waals surface area contributed by atoms with Crippen molar-refractivity contribution in [3.05, 3.63) is 41.7 Å². The van der Waals surface area contributed by atoms with Gasteiger partial charge in [-0.05, 0) is 30.4 Å². The Morgan fingerprint density at radius 3 is 2.73 bits per heavy atom. The number of halogens is 3. The van der Waals surface area contributed by atoms with Gasteiger partial charge in [0.2, 0.25) is 5.88 Å². The summed E-state index contributed by atoms with van der Waals surface area (Å²) < 4.78 is 44.0. The van der Waals surface area contributed by atoms with E-state index in [0.717, 1.165) is 6.07 Å². The summed E-state index contributed by atoms with van der Waals surface area (Å²) in [6.07, 6.45) is -1.81. The predicted octanol–water partition coefficient (Wildman–Crippen LogP) is 4.53. The molecule has 0 unspecified atom stereocenters. The number of rotatable bonds is 3. The Kier molecular flexibility index (Phi) is 5.46. The highest BCUT2D eigenvalue weighted by atomic mass is 32.1. The van der Waals surface area contributed by atoms with E-state index in [1.807, 2.05) is 0 Å². The lowest BCUT2D eigenvalue weighted by atomic mass is 9.88. The van der Waals surface area contributed by atoms with E-state index in [1.54, 1.807) is 11.0 Å². The Morgan fingerprint density at radius 2 is 2.03 bits per heavy atom. The fourth-order valence-corrected chi connectivity index (χ4v) is 4.28. The number of hydrogen-bond donors (Lipinski definition) is 1. The van der Waals surface area contributed by atoms with Crippen molar-refractivity contribution in [3.63, 3.8) is 0 Å². The summed E-state index contributed by atoms with van der Waals surface area (Å²) in [4.78, 5) is 27.2. The SMILES string of the molecule is COc1ncnc2sc(NC(=O)N3CCC(c4cccc(C(F)(F)F)c4)CC3)nc12. The van der Waals surface area contributed by atoms with Crippen LogP contribution in [0, 0.1) is 0 Å². The molecule has 0 bridgehead atoms. The second-order valence-corrected chi connectivity index (χ2v) is 7.85. The minimum Gasteiger partial charge on any atom is -0.479 e. The van der Waals surface area contributed by atoms with Crippen LogP contribution in [0.3, 0.4) is 0 Å². The highest BCUT2D eigenvalue weighted by Gasteiger charge is 2.32. The van der Waals surface area contributed by atoms with Crippen LogP contribution in [0.25, 0.3) is 10.3 Å². The van der Waals surface area contributed by atoms with Crippen LogP contribution >= 0.6 is 11.3 Å². The minimum atomic E-state index is -4.36. The molecule has 0 atom stereocenters. The van der Waals surface area contributed by atoms with Gasteiger partial charge in [-0.25, -0.2) is 14.8 Å². The molecule has 1 aliphatic heterocycles. The molecule has 7 nitrogen and oxygen atoms in total. The number of urea groups is 1. The normalized spacial score (nSPS) is 15.4. The van der Waals surface area contributed by atoms with Crippen molar-refractivity contribution in [3.8, 4) is 5.88 Å². The van der Waals surface area contributed by atoms with E-state index in [-0.39, 0.29) is 11.9 Å². The second-order valence-electron chi connectivity index (χ2n) is 6.87. The number of carbonyl (C=O) groups is 1. The molecule has 1 aliphatic rings. The number of benzene rings is 1. The van der Waals surface area contributed by atoms with Crippen LogP contribution in [-0.4, -0.2) is 46.1 Å². The average molecular weight is 437 g/mol. The molecule has 0 saturated carbocycles. The molecule has 0 spiro atoms. The summed E-state index contributed by atoms with van der Waals surface area (Å²) in [6.45, 7) is 0.890. The van der Waals surface area contributed by atoms with Gasteiger partial charge < -0.3 is 9.64 Å². The molecule has 1 aromatic carbocycles. The fourth-order valence-electron chi connectivity index (χ4n) is 3.49. The number of thiazole rings is 1. The van der Waals surface area contributed by atoms with Crippen LogP contribution in [0.5, 0.6) is 5.88 Å². The van der Waals surface area contributed by atoms with E-state index < -0.39 is 11.7 Å². The van der Waals surface area contributed by atoms with Crippen molar-refractivity contribution < 1.29 is 22.7 Å². The van der Waals surface area contributed by atoms with Gasteiger partial charge in [-0.2, -0.15) is 18.2 Å². The molecule has 1 fully saturated rings. The molecule has 2 aromatic heterocycles. The van der Waals surface area contributed by atoms with Gasteiger partial charge >= 0.3 is 12.2 Å². The predicted molar refractivity (Wildman–Crippen MR) is 106 cm³/mol. The number of carbonyl (C=O) groups excluding carboxylic acids is 1. The topological polar surface area (TPSA) is 80.2 Å². The maximum absolute atomic E-state index is 13.0. The van der Waals surface area contributed by atoms with Crippen molar-refractivity contribution in [2.24, 2.45) is 0 Å². The van der Waals surface area contributed by atoms with Gasteiger partial charge in [0.15, 0.2) is 15.5 Å². The van der Waals surface area contributed by atoms with E-state index in [1.165, 1.54) is 36.9 Å². The lowest BCUT2D eigenvalue weighted by molar-refractivity contribution is -0.137. The van der Waals surface area contributed by atoms with Gasteiger partial charge in [0.05, 0.1) is 12.7 Å². The van der Waals surface area contributed by atoms with Crippen LogP contribution in [0.1, 0.15) is 29.9 Å². The Morgan fingerprint density at radius 1 is 1.27 bits per heavy atom. The zero-order valence-corrected chi connectivity index (χ0v) is 16.8. The number of fused-ring (bicyclic) bond motifs is 1. The summed E-state index contributed by atoms with van der Waals surface area (Å²) in [6, 6.07) is 5.12. The molecule has 1 N–H and O–H groups in total. The summed E-state index contributed by atoms with van der Waals surface area (Å²) in [5.74, 6) is 0.317. The molecule has 3 aromatic rings. The third kappa shape index (κ3) is 4.16. The highest BCUT2D eigenvalue weighted by Crippen LogP contribution is 2.34. The number of methoxy groups -OCH3 is 1. The van der Waals surface area contributed by atoms with Gasteiger partial charge in [0, 0.05) is 13.1 Å². The smallest absolute Gasteiger partial charge is 0.416 e. The summed E-state index contributed by atoms with van der Waals surface area (Å²) in [5, 5.41) is 3.14. The third-order valence-electron chi connectivity index (χ3n) is 5.04. The van der Waals surface area contributed by atoms with Gasteiger partial charge in [0.25, 0.3) is 0 Å². The van der Waals surface area contributed by atoms with Crippen molar-refractivity contribution in [1.29, 1.82) is 0 Å². The van der Waals surface area contributed by atoms with Crippen molar-refractivity contribution in [1.82, 2.24) is 19.9 Å². The molecule has 4 rings (SSSR count). The number of ether oxygens (including phenoxy) is 1. The maximum atomic E-state index is 13.0. The Balaban J connectivity index is 1.39. The number of likely N-dealkylation sites (tertiary alicyclic amines) is 1. The molecule has 11 heteroatoms. The lowest BCUT2D eigenvalue weighted by Crippen LogP contribution is -2.40. The van der Waals surface area contributed by atoms with E-state index in [2.05, 4.69) is 20.3 Å². The summed E-state index contributed by atoms with van der Waals surface area (Å²) in [7, 11) is 1.48. The first-order valence-corrected chi connectivity index (χ1v) is 10.1. The van der Waals surface area contributed by atoms with Crippen LogP contribution < -0.4 is 10.1 Å². The molecular formula is C19H18F3N5O2S. The minimum absolute atomic E-state index is 0.0154. The first-order valence-electron chi connectivity index (χ1n) is 9.24. The number of nitrogens with zero attached hydrogens (tertiary/aromatic N) is 4. The Hall–Kier alpha value is -2.95. The van der Waals surface area contributed by atoms with Crippen LogP contribution in [0.15, 0.2) is 30.6 Å². The van der Waals surface area contributed by atoms with Crippen molar-refractivity contribution in [2.45, 2.75) is 24.9 Å². The largest absolute Gasteiger partial charge is 0.479 e. The lowest BCUT2D eigenvalue weighted by Gasteiger charge is -2.32. The molecule has 1 saturated heterocycles. The van der Waals surface area contributed by atoms with Crippen molar-refractivity contribution >= 4 is 32.8 Å². The second kappa shape index (κ2) is 8.05. The monoisotopic (exact) mass is 437 g/mol. The fraction of sp³-hybridized carbons (Fsp3) is 0.368. The number of hydrogen-bond acceptors (Lipinski definition) is 6. The molecular weight excluding hydrogens is 419 g/mol. The first-order chi connectivity index (χ1) is 14.3. The van der Waals surface area contributed by atoms with Gasteiger partial charge in [-0.15, -0.1) is 0 Å². The van der Waals surface area contributed by atoms with E-state index in [4.69, 9.17) is 4.74 Å². The third-order valence-corrected chi connectivity index (χ3v) is 5.92. The molecule has 0 radical (unpaired) electrons. The number of alkyl halides is 3. The number of aromatic nitrogens is 3. The molecule has 2 amide bonds. The van der Waals surface area contributed by atoms with Gasteiger partial charge in [0.1, 0.15) is 6.33 Å². The number of piperidine rings is 1. The van der Waals surface area contributed by atoms with E-state index in [9.17, 15) is 18.0 Å². The first kappa shape index (κ1) is 20.3. The Bertz CT molecular complexity index is 1060. The van der Waals surface area contributed by atoms with E-state index >= 15 is 0 Å². The van der Waals surface area contributed by atoms with Crippen LogP contribution in [0.2, 0.25) is 0 Å². The van der Waals surface area contributed by atoms with Crippen LogP contribution in [0.4, 0.5) is 23.1 Å². The van der Waals surface area contributed by atoms with Gasteiger partial charge in [-0.1, -0.05) is 29.5 Å². The number of nitrogens with one attached hydrogen (secondary N) is 1. The molecule has 30 heavy (non-hydrogen) atoms. The quantitative estimate of drug-likeness (QED) is 0.652. The highest BCUT2D eigenvalue weighted by molar-refractivity contribution is 7.22. The van der Waals surface area contributed by atoms with Crippen molar-refractivity contribution in [2.75, 3.05) is 25.5 Å². The van der Waals surface area contributed by atoms with Gasteiger partial charge in [-0.3, -0.25) is 5.32 Å². The zero-order valence-electron chi connectivity index (χ0n) is 15.9. The zero-order chi connectivity index (χ0) is 21.3. The summed E-state index contributed by atoms with van der Waals surface area (Å²) in [5.41, 5.74) is 0.486. The molecule has 158 valence electrons. The molecule has 0 aliphatic carbocycles. The van der Waals surface area contributed by atoms with Crippen LogP contribution in [-0.2, 0) is 6.18 Å². The number of anilines is 1. The maximum Gasteiger partial charge on any atom is 0.416 e. The molecule has 3 heterocycles. The summed E-state index contributed by atoms with van der Waals surface area (Å²) >= 11 is 1.21. The van der Waals surface area contributed by atoms with E-state index in [0.29, 0.717) is 52.9 Å². The Labute approximate surface area is 173 Å². The standard InChI is InChI=1S/C19H18F3N5O2S/c1-29-15-14-16(24-10-23-15)30-17(25-14)26-18(28)27-7-5-11(6-8-27)12-3-2-4-13(9-12)19(20,21)22/h2-4,9-11H,5-8H2,1H3,(H,25,26,28).